The van der Waals surface area contributed by atoms with Gasteiger partial charge in [-0.25, -0.2) is 19.9 Å². The molecule has 0 saturated carbocycles. The Balaban J connectivity index is 1.93. The zero-order valence-corrected chi connectivity index (χ0v) is 16.6. The SMILES string of the molecule is C/C=C\C(=C/CC)n1cnc2c(-c3cnc(N)nc3)nc(N3CCOCC3)nc21. The van der Waals surface area contributed by atoms with Crippen molar-refractivity contribution in [3.63, 3.8) is 0 Å². The first-order valence-corrected chi connectivity index (χ1v) is 9.70. The Morgan fingerprint density at radius 2 is 1.93 bits per heavy atom. The molecule has 0 aromatic carbocycles. The van der Waals surface area contributed by atoms with Crippen LogP contribution in [0.3, 0.4) is 0 Å². The Morgan fingerprint density at radius 1 is 1.17 bits per heavy atom. The monoisotopic (exact) mass is 392 g/mol. The number of allylic oxidation sites excluding steroid dienone is 4. The number of ether oxygens (including phenoxy) is 1. The fourth-order valence-electron chi connectivity index (χ4n) is 3.27. The van der Waals surface area contributed by atoms with Gasteiger partial charge in [0, 0.05) is 36.7 Å². The molecule has 1 aliphatic rings. The van der Waals surface area contributed by atoms with Crippen LogP contribution in [0.25, 0.3) is 28.1 Å². The predicted octanol–water partition coefficient (Wildman–Crippen LogP) is 2.53. The first kappa shape index (κ1) is 19.0. The van der Waals surface area contributed by atoms with Crippen LogP contribution in [0.4, 0.5) is 11.9 Å². The molecule has 9 heteroatoms. The van der Waals surface area contributed by atoms with Gasteiger partial charge < -0.3 is 15.4 Å². The number of rotatable bonds is 5. The molecule has 150 valence electrons. The van der Waals surface area contributed by atoms with Crippen molar-refractivity contribution in [3.8, 4) is 11.3 Å². The summed E-state index contributed by atoms with van der Waals surface area (Å²) in [5, 5.41) is 0. The van der Waals surface area contributed by atoms with Crippen LogP contribution in [-0.4, -0.2) is 55.8 Å². The van der Waals surface area contributed by atoms with E-state index in [-0.39, 0.29) is 5.95 Å². The van der Waals surface area contributed by atoms with Crippen LogP contribution in [0.2, 0.25) is 0 Å². The van der Waals surface area contributed by atoms with E-state index >= 15 is 0 Å². The lowest BCUT2D eigenvalue weighted by molar-refractivity contribution is 0.122. The maximum Gasteiger partial charge on any atom is 0.228 e. The summed E-state index contributed by atoms with van der Waals surface area (Å²) in [5.74, 6) is 0.866. The molecule has 2 N–H and O–H groups in total. The van der Waals surface area contributed by atoms with Gasteiger partial charge in [0.05, 0.1) is 13.2 Å². The lowest BCUT2D eigenvalue weighted by Crippen LogP contribution is -2.37. The number of hydrogen-bond donors (Lipinski definition) is 1. The maximum absolute atomic E-state index is 5.66. The zero-order chi connectivity index (χ0) is 20.2. The van der Waals surface area contributed by atoms with Gasteiger partial charge in [-0.1, -0.05) is 19.1 Å². The van der Waals surface area contributed by atoms with E-state index < -0.39 is 0 Å². The number of imidazole rings is 1. The molecule has 0 bridgehead atoms. The van der Waals surface area contributed by atoms with Gasteiger partial charge >= 0.3 is 0 Å². The standard InChI is InChI=1S/C20H24N8O/c1-3-5-15(6-4-2)28-13-24-17-16(14-11-22-19(21)23-12-14)25-20(26-18(17)28)27-7-9-29-10-8-27/h3,5-6,11-13H,4,7-10H2,1-2H3,(H2,21,22,23)/b5-3-,15-6+. The number of aromatic nitrogens is 6. The van der Waals surface area contributed by atoms with Crippen molar-refractivity contribution in [2.75, 3.05) is 36.9 Å². The minimum Gasteiger partial charge on any atom is -0.378 e. The van der Waals surface area contributed by atoms with Gasteiger partial charge in [0.15, 0.2) is 5.65 Å². The van der Waals surface area contributed by atoms with E-state index in [2.05, 4.69) is 32.9 Å². The summed E-state index contributed by atoms with van der Waals surface area (Å²) < 4.78 is 7.47. The number of nitrogens with zero attached hydrogens (tertiary/aromatic N) is 7. The van der Waals surface area contributed by atoms with Crippen LogP contribution in [0.1, 0.15) is 20.3 Å². The van der Waals surface area contributed by atoms with E-state index in [0.717, 1.165) is 36.4 Å². The number of fused-ring (bicyclic) bond motifs is 1. The van der Waals surface area contributed by atoms with Gasteiger partial charge in [-0.15, -0.1) is 0 Å². The number of nitrogens with two attached hydrogens (primary N) is 1. The summed E-state index contributed by atoms with van der Waals surface area (Å²) in [6.45, 7) is 6.89. The lowest BCUT2D eigenvalue weighted by Gasteiger charge is -2.27. The fraction of sp³-hybridized carbons (Fsp3) is 0.350. The maximum atomic E-state index is 5.66. The Morgan fingerprint density at radius 3 is 2.62 bits per heavy atom. The number of morpholine rings is 1. The second-order valence-electron chi connectivity index (χ2n) is 6.63. The summed E-state index contributed by atoms with van der Waals surface area (Å²) in [6, 6.07) is 0. The third-order valence-corrected chi connectivity index (χ3v) is 4.65. The summed E-state index contributed by atoms with van der Waals surface area (Å²) in [6.07, 6.45) is 12.2. The molecule has 0 unspecified atom stereocenters. The average Bonchev–Trinajstić information content (AvgIpc) is 3.18. The van der Waals surface area contributed by atoms with Crippen molar-refractivity contribution in [1.82, 2.24) is 29.5 Å². The molecule has 0 aliphatic carbocycles. The molecule has 4 rings (SSSR count). The van der Waals surface area contributed by atoms with Crippen molar-refractivity contribution < 1.29 is 4.74 Å². The first-order chi connectivity index (χ1) is 14.2. The van der Waals surface area contributed by atoms with E-state index in [1.807, 2.05) is 23.6 Å². The highest BCUT2D eigenvalue weighted by Gasteiger charge is 2.21. The van der Waals surface area contributed by atoms with Gasteiger partial charge in [-0.2, -0.15) is 4.98 Å². The van der Waals surface area contributed by atoms with E-state index in [9.17, 15) is 0 Å². The number of anilines is 2. The molecule has 3 aromatic rings. The summed E-state index contributed by atoms with van der Waals surface area (Å²) >= 11 is 0. The van der Waals surface area contributed by atoms with E-state index in [1.165, 1.54) is 0 Å². The molecule has 0 spiro atoms. The topological polar surface area (TPSA) is 108 Å². The molecule has 1 fully saturated rings. The number of nitrogen functional groups attached to an aromatic ring is 1. The van der Waals surface area contributed by atoms with Crippen LogP contribution in [0, 0.1) is 0 Å². The van der Waals surface area contributed by atoms with Gasteiger partial charge in [0.25, 0.3) is 0 Å². The molecule has 29 heavy (non-hydrogen) atoms. The minimum atomic E-state index is 0.222. The molecular weight excluding hydrogens is 368 g/mol. The molecule has 0 radical (unpaired) electrons. The summed E-state index contributed by atoms with van der Waals surface area (Å²) in [7, 11) is 0. The lowest BCUT2D eigenvalue weighted by atomic mass is 10.2. The van der Waals surface area contributed by atoms with Crippen LogP contribution < -0.4 is 10.6 Å². The van der Waals surface area contributed by atoms with Crippen LogP contribution in [-0.2, 0) is 4.74 Å². The van der Waals surface area contributed by atoms with E-state index in [4.69, 9.17) is 20.4 Å². The molecule has 1 saturated heterocycles. The third-order valence-electron chi connectivity index (χ3n) is 4.65. The summed E-state index contributed by atoms with van der Waals surface area (Å²) in [4.78, 5) is 24.7. The highest BCUT2D eigenvalue weighted by molar-refractivity contribution is 5.90. The number of hydrogen-bond acceptors (Lipinski definition) is 8. The molecule has 3 aromatic heterocycles. The van der Waals surface area contributed by atoms with Crippen LogP contribution in [0.15, 0.2) is 36.9 Å². The molecule has 1 aliphatic heterocycles. The smallest absolute Gasteiger partial charge is 0.228 e. The fourth-order valence-corrected chi connectivity index (χ4v) is 3.27. The zero-order valence-electron chi connectivity index (χ0n) is 16.6. The molecule has 0 amide bonds. The van der Waals surface area contributed by atoms with Crippen molar-refractivity contribution in [3.05, 3.63) is 36.9 Å². The Bertz CT molecular complexity index is 1050. The summed E-state index contributed by atoms with van der Waals surface area (Å²) in [5.41, 5.74) is 9.55. The van der Waals surface area contributed by atoms with Crippen LogP contribution in [0.5, 0.6) is 0 Å². The van der Waals surface area contributed by atoms with Gasteiger partial charge in [-0.05, 0) is 19.4 Å². The largest absolute Gasteiger partial charge is 0.378 e. The van der Waals surface area contributed by atoms with Gasteiger partial charge in [0.2, 0.25) is 11.9 Å². The normalized spacial score (nSPS) is 15.5. The quantitative estimate of drug-likeness (QED) is 0.660. The molecule has 9 nitrogen and oxygen atoms in total. The third kappa shape index (κ3) is 3.81. The van der Waals surface area contributed by atoms with Crippen molar-refractivity contribution in [2.24, 2.45) is 0 Å². The second-order valence-corrected chi connectivity index (χ2v) is 6.63. The highest BCUT2D eigenvalue weighted by Crippen LogP contribution is 2.29. The second kappa shape index (κ2) is 8.36. The first-order valence-electron chi connectivity index (χ1n) is 9.70. The molecule has 0 atom stereocenters. The van der Waals surface area contributed by atoms with Crippen molar-refractivity contribution in [1.29, 1.82) is 0 Å². The van der Waals surface area contributed by atoms with Crippen molar-refractivity contribution >= 4 is 28.8 Å². The van der Waals surface area contributed by atoms with E-state index in [0.29, 0.717) is 30.4 Å². The highest BCUT2D eigenvalue weighted by atomic mass is 16.5. The Labute approximate surface area is 169 Å². The van der Waals surface area contributed by atoms with Gasteiger partial charge in [0.1, 0.15) is 17.5 Å². The molecular formula is C20H24N8O. The van der Waals surface area contributed by atoms with Gasteiger partial charge in [-0.3, -0.25) is 4.57 Å². The minimum absolute atomic E-state index is 0.222. The Hall–Kier alpha value is -3.33. The molecule has 4 heterocycles. The van der Waals surface area contributed by atoms with Crippen molar-refractivity contribution in [2.45, 2.75) is 20.3 Å². The predicted molar refractivity (Wildman–Crippen MR) is 113 cm³/mol. The average molecular weight is 392 g/mol. The Kier molecular flexibility index (Phi) is 5.48. The van der Waals surface area contributed by atoms with Crippen LogP contribution >= 0.6 is 0 Å². The van der Waals surface area contributed by atoms with E-state index in [1.54, 1.807) is 18.7 Å².